The number of aromatic nitrogens is 3. The van der Waals surface area contributed by atoms with Crippen molar-refractivity contribution in [2.24, 2.45) is 0 Å². The number of carbonyl (C=O) groups is 2. The molecule has 180 valence electrons. The van der Waals surface area contributed by atoms with Crippen LogP contribution in [0.5, 0.6) is 0 Å². The average molecular weight is 505 g/mol. The first-order valence-electron chi connectivity index (χ1n) is 11.5. The largest absolute Gasteiger partial charge is 0.469 e. The SMILES string of the molecule is COC(=O)CC(=O)NC1CCc2c(-c3cnn(C4CCCCO4)c3)c3ccc(Cl)c(Cl)c3n2C1. The summed E-state index contributed by atoms with van der Waals surface area (Å²) in [7, 11) is 1.27. The van der Waals surface area contributed by atoms with Crippen molar-refractivity contribution in [1.82, 2.24) is 19.7 Å². The Morgan fingerprint density at radius 2 is 2.12 bits per heavy atom. The lowest BCUT2D eigenvalue weighted by molar-refractivity contribution is -0.144. The molecule has 1 fully saturated rings. The molecule has 2 aromatic heterocycles. The van der Waals surface area contributed by atoms with E-state index in [4.69, 9.17) is 27.9 Å². The maximum atomic E-state index is 12.3. The molecule has 2 aliphatic rings. The zero-order valence-corrected chi connectivity index (χ0v) is 20.4. The first-order valence-corrected chi connectivity index (χ1v) is 12.2. The van der Waals surface area contributed by atoms with Gasteiger partial charge in [0, 0.05) is 47.6 Å². The zero-order valence-electron chi connectivity index (χ0n) is 18.9. The molecule has 34 heavy (non-hydrogen) atoms. The number of hydrogen-bond donors (Lipinski definition) is 1. The summed E-state index contributed by atoms with van der Waals surface area (Å²) in [5.74, 6) is -0.911. The Morgan fingerprint density at radius 3 is 2.88 bits per heavy atom. The fourth-order valence-corrected chi connectivity index (χ4v) is 5.41. The highest BCUT2D eigenvalue weighted by atomic mass is 35.5. The Kier molecular flexibility index (Phi) is 6.55. The smallest absolute Gasteiger partial charge is 0.315 e. The highest BCUT2D eigenvalue weighted by Crippen LogP contribution is 2.43. The summed E-state index contributed by atoms with van der Waals surface area (Å²) in [6.45, 7) is 1.28. The van der Waals surface area contributed by atoms with E-state index in [0.717, 1.165) is 66.4 Å². The number of amides is 1. The van der Waals surface area contributed by atoms with E-state index in [-0.39, 0.29) is 24.6 Å². The molecule has 0 radical (unpaired) electrons. The van der Waals surface area contributed by atoms with Crippen LogP contribution < -0.4 is 5.32 Å². The average Bonchev–Trinajstić information content (AvgIpc) is 3.44. The molecule has 2 aliphatic heterocycles. The second kappa shape index (κ2) is 9.60. The van der Waals surface area contributed by atoms with Crippen LogP contribution in [0.25, 0.3) is 22.0 Å². The normalized spacial score (nSPS) is 20.2. The second-order valence-corrected chi connectivity index (χ2v) is 9.56. The van der Waals surface area contributed by atoms with Crippen molar-refractivity contribution in [2.45, 2.75) is 57.3 Å². The summed E-state index contributed by atoms with van der Waals surface area (Å²) in [5, 5.41) is 9.51. The van der Waals surface area contributed by atoms with Crippen LogP contribution in [0.2, 0.25) is 10.0 Å². The van der Waals surface area contributed by atoms with E-state index in [1.807, 2.05) is 29.2 Å². The minimum absolute atomic E-state index is 0.0420. The van der Waals surface area contributed by atoms with Gasteiger partial charge in [0.05, 0.1) is 28.9 Å². The van der Waals surface area contributed by atoms with E-state index in [1.54, 1.807) is 0 Å². The molecular formula is C24H26Cl2N4O4. The van der Waals surface area contributed by atoms with Gasteiger partial charge >= 0.3 is 5.97 Å². The van der Waals surface area contributed by atoms with E-state index in [0.29, 0.717) is 16.6 Å². The van der Waals surface area contributed by atoms with Gasteiger partial charge in [0.1, 0.15) is 12.6 Å². The van der Waals surface area contributed by atoms with E-state index in [9.17, 15) is 9.59 Å². The number of nitrogens with zero attached hydrogens (tertiary/aromatic N) is 3. The van der Waals surface area contributed by atoms with Crippen LogP contribution in [0.3, 0.4) is 0 Å². The van der Waals surface area contributed by atoms with Crippen LogP contribution >= 0.6 is 23.2 Å². The first-order chi connectivity index (χ1) is 16.5. The second-order valence-electron chi connectivity index (χ2n) is 8.78. The molecule has 5 rings (SSSR count). The van der Waals surface area contributed by atoms with Gasteiger partial charge in [-0.2, -0.15) is 5.10 Å². The van der Waals surface area contributed by atoms with Crippen molar-refractivity contribution in [2.75, 3.05) is 13.7 Å². The van der Waals surface area contributed by atoms with Crippen LogP contribution in [-0.4, -0.2) is 46.0 Å². The molecule has 1 amide bonds. The van der Waals surface area contributed by atoms with Gasteiger partial charge in [-0.3, -0.25) is 9.59 Å². The molecule has 1 aromatic carbocycles. The first kappa shape index (κ1) is 23.2. The van der Waals surface area contributed by atoms with Gasteiger partial charge in [-0.05, 0) is 38.2 Å². The quantitative estimate of drug-likeness (QED) is 0.408. The van der Waals surface area contributed by atoms with Crippen molar-refractivity contribution in [1.29, 1.82) is 0 Å². The molecule has 10 heteroatoms. The summed E-state index contributed by atoms with van der Waals surface area (Å²) in [4.78, 5) is 23.7. The van der Waals surface area contributed by atoms with Crippen LogP contribution in [0.1, 0.15) is 44.0 Å². The molecule has 0 bridgehead atoms. The molecule has 0 spiro atoms. The third kappa shape index (κ3) is 4.30. The Labute approximate surface area is 207 Å². The number of rotatable bonds is 5. The van der Waals surface area contributed by atoms with Crippen molar-refractivity contribution in [3.8, 4) is 11.1 Å². The standard InChI is InChI=1S/C24H26Cl2N4O4/c1-33-21(32)10-19(31)28-15-5-8-18-22(14-11-27-30(12-14)20-4-2-3-9-34-20)16-6-7-17(25)23(26)24(16)29(18)13-15/h6-7,11-12,15,20H,2-5,8-10,13H2,1H3,(H,28,31). The number of halogens is 2. The lowest BCUT2D eigenvalue weighted by Gasteiger charge is -2.27. The summed E-state index contributed by atoms with van der Waals surface area (Å²) in [5.41, 5.74) is 4.05. The molecule has 1 N–H and O–H groups in total. The molecule has 2 atom stereocenters. The Balaban J connectivity index is 1.51. The summed E-state index contributed by atoms with van der Waals surface area (Å²) in [6.07, 6.45) is 8.20. The predicted molar refractivity (Wildman–Crippen MR) is 129 cm³/mol. The van der Waals surface area contributed by atoms with Crippen LogP contribution in [0, 0.1) is 0 Å². The number of benzene rings is 1. The number of nitrogens with one attached hydrogen (secondary N) is 1. The minimum atomic E-state index is -0.559. The van der Waals surface area contributed by atoms with E-state index in [2.05, 4.69) is 19.7 Å². The summed E-state index contributed by atoms with van der Waals surface area (Å²) >= 11 is 13.1. The number of fused-ring (bicyclic) bond motifs is 3. The summed E-state index contributed by atoms with van der Waals surface area (Å²) in [6, 6.07) is 3.66. The van der Waals surface area contributed by atoms with Gasteiger partial charge in [-0.15, -0.1) is 0 Å². The Hall–Kier alpha value is -2.55. The maximum Gasteiger partial charge on any atom is 0.315 e. The van der Waals surface area contributed by atoms with Crippen LogP contribution in [0.4, 0.5) is 0 Å². The van der Waals surface area contributed by atoms with Crippen LogP contribution in [0.15, 0.2) is 24.5 Å². The van der Waals surface area contributed by atoms with Gasteiger partial charge in [0.2, 0.25) is 5.91 Å². The Morgan fingerprint density at radius 1 is 1.26 bits per heavy atom. The number of carbonyl (C=O) groups excluding carboxylic acids is 2. The topological polar surface area (TPSA) is 87.4 Å². The molecule has 0 saturated carbocycles. The van der Waals surface area contributed by atoms with E-state index >= 15 is 0 Å². The highest BCUT2D eigenvalue weighted by Gasteiger charge is 2.29. The van der Waals surface area contributed by atoms with Crippen molar-refractivity contribution in [3.63, 3.8) is 0 Å². The molecule has 2 unspecified atom stereocenters. The van der Waals surface area contributed by atoms with Gasteiger partial charge in [0.25, 0.3) is 0 Å². The number of methoxy groups -OCH3 is 1. The molecule has 8 nitrogen and oxygen atoms in total. The van der Waals surface area contributed by atoms with Gasteiger partial charge in [-0.1, -0.05) is 29.3 Å². The van der Waals surface area contributed by atoms with Crippen molar-refractivity contribution < 1.29 is 19.1 Å². The molecule has 3 aromatic rings. The third-order valence-electron chi connectivity index (χ3n) is 6.59. The van der Waals surface area contributed by atoms with Crippen molar-refractivity contribution >= 4 is 46.0 Å². The zero-order chi connectivity index (χ0) is 23.8. The van der Waals surface area contributed by atoms with E-state index < -0.39 is 5.97 Å². The lowest BCUT2D eigenvalue weighted by Crippen LogP contribution is -2.41. The van der Waals surface area contributed by atoms with Crippen LogP contribution in [-0.2, 0) is 32.0 Å². The third-order valence-corrected chi connectivity index (χ3v) is 7.39. The lowest BCUT2D eigenvalue weighted by atomic mass is 9.99. The summed E-state index contributed by atoms with van der Waals surface area (Å²) < 4.78 is 14.5. The van der Waals surface area contributed by atoms with Gasteiger partial charge < -0.3 is 19.4 Å². The fourth-order valence-electron chi connectivity index (χ4n) is 4.99. The Bertz CT molecular complexity index is 1250. The number of hydrogen-bond acceptors (Lipinski definition) is 5. The van der Waals surface area contributed by atoms with Gasteiger partial charge in [0.15, 0.2) is 0 Å². The molecule has 0 aliphatic carbocycles. The van der Waals surface area contributed by atoms with Crippen molar-refractivity contribution in [3.05, 3.63) is 40.3 Å². The molecular weight excluding hydrogens is 479 g/mol. The predicted octanol–water partition coefficient (Wildman–Crippen LogP) is 4.50. The monoisotopic (exact) mass is 504 g/mol. The minimum Gasteiger partial charge on any atom is -0.469 e. The molecule has 1 saturated heterocycles. The maximum absolute atomic E-state index is 12.3. The number of ether oxygens (including phenoxy) is 2. The highest BCUT2D eigenvalue weighted by molar-refractivity contribution is 6.45. The van der Waals surface area contributed by atoms with E-state index in [1.165, 1.54) is 7.11 Å². The molecule has 4 heterocycles. The fraction of sp³-hybridized carbons (Fsp3) is 0.458. The number of esters is 1. The van der Waals surface area contributed by atoms with Gasteiger partial charge in [-0.25, -0.2) is 4.68 Å².